The van der Waals surface area contributed by atoms with Gasteiger partial charge in [-0.3, -0.25) is 14.3 Å². The van der Waals surface area contributed by atoms with Crippen molar-refractivity contribution in [1.29, 1.82) is 5.26 Å². The van der Waals surface area contributed by atoms with E-state index in [1.165, 1.54) is 0 Å². The van der Waals surface area contributed by atoms with Crippen molar-refractivity contribution in [2.24, 2.45) is 11.7 Å². The van der Waals surface area contributed by atoms with Gasteiger partial charge in [0.15, 0.2) is 5.82 Å². The lowest BCUT2D eigenvalue weighted by atomic mass is 10.0. The second-order valence-electron chi connectivity index (χ2n) is 9.46. The van der Waals surface area contributed by atoms with Crippen LogP contribution in [0.1, 0.15) is 61.7 Å². The van der Waals surface area contributed by atoms with Crippen LogP contribution in [0.2, 0.25) is 0 Å². The molecule has 1 aromatic heterocycles. The van der Waals surface area contributed by atoms with Crippen molar-refractivity contribution in [2.45, 2.75) is 64.0 Å². The molecule has 0 bridgehead atoms. The van der Waals surface area contributed by atoms with E-state index in [-0.39, 0.29) is 29.3 Å². The van der Waals surface area contributed by atoms with Crippen LogP contribution in [0, 0.1) is 17.2 Å². The molecule has 1 aliphatic rings. The number of unbranched alkanes of at least 4 members (excludes halogenated alkanes) is 2. The van der Waals surface area contributed by atoms with Gasteiger partial charge in [0.25, 0.3) is 5.91 Å². The number of carbonyl (C=O) groups excluding carboxylic acids is 2. The number of amides is 2. The fraction of sp³-hybridized carbons (Fsp3) is 0.379. The summed E-state index contributed by atoms with van der Waals surface area (Å²) in [7, 11) is 0. The number of benzene rings is 2. The summed E-state index contributed by atoms with van der Waals surface area (Å²) in [6.45, 7) is 0.560. The first-order chi connectivity index (χ1) is 18.0. The van der Waals surface area contributed by atoms with Crippen molar-refractivity contribution in [3.05, 3.63) is 66.4 Å². The fourth-order valence-electron chi connectivity index (χ4n) is 4.24. The summed E-state index contributed by atoms with van der Waals surface area (Å²) < 4.78 is 7.99. The standard InChI is InChI=1S/C29H33N5O3/c30-18-6-2-5-10-24(37-25-16-14-22(15-17-25)21-8-3-1-4-9-21)11-7-19-34-20-26(27(31)35)28(33-34)32-29(36)23-12-13-23/h1,3-4,8-9,14-17,20,23-24H,2,5-7,10-13,19H2,(H2,31,35)(H,32,33,36). The zero-order valence-electron chi connectivity index (χ0n) is 20.9. The summed E-state index contributed by atoms with van der Waals surface area (Å²) in [5, 5.41) is 16.0. The SMILES string of the molecule is N#CCCCCC(CCCn1cc(C(N)=O)c(NC(=O)C2CC2)n1)Oc1ccc(-c2ccccc2)cc1. The van der Waals surface area contributed by atoms with Crippen LogP contribution in [0.5, 0.6) is 5.75 Å². The van der Waals surface area contributed by atoms with E-state index >= 15 is 0 Å². The lowest BCUT2D eigenvalue weighted by Crippen LogP contribution is -2.18. The van der Waals surface area contributed by atoms with Crippen LogP contribution in [-0.4, -0.2) is 27.7 Å². The molecule has 0 saturated heterocycles. The summed E-state index contributed by atoms with van der Waals surface area (Å²) in [5.41, 5.74) is 8.01. The molecule has 192 valence electrons. The third kappa shape index (κ3) is 7.68. The quantitative estimate of drug-likeness (QED) is 0.291. The first-order valence-corrected chi connectivity index (χ1v) is 12.9. The second-order valence-corrected chi connectivity index (χ2v) is 9.46. The molecule has 8 nitrogen and oxygen atoms in total. The monoisotopic (exact) mass is 499 g/mol. The molecule has 2 amide bonds. The number of hydrogen-bond acceptors (Lipinski definition) is 5. The predicted octanol–water partition coefficient (Wildman–Crippen LogP) is 5.31. The summed E-state index contributed by atoms with van der Waals surface area (Å²) in [5.74, 6) is 0.316. The highest BCUT2D eigenvalue weighted by atomic mass is 16.5. The fourth-order valence-corrected chi connectivity index (χ4v) is 4.24. The first kappa shape index (κ1) is 26.0. The van der Waals surface area contributed by atoms with E-state index in [2.05, 4.69) is 40.8 Å². The number of primary amides is 1. The van der Waals surface area contributed by atoms with E-state index in [0.29, 0.717) is 13.0 Å². The van der Waals surface area contributed by atoms with Gasteiger partial charge >= 0.3 is 0 Å². The topological polar surface area (TPSA) is 123 Å². The van der Waals surface area contributed by atoms with Gasteiger partial charge in [-0.1, -0.05) is 42.5 Å². The number of nitrogens with one attached hydrogen (secondary N) is 1. The summed E-state index contributed by atoms with van der Waals surface area (Å²) in [6, 6.07) is 20.5. The van der Waals surface area contributed by atoms with Crippen LogP contribution >= 0.6 is 0 Å². The Labute approximate surface area is 217 Å². The molecule has 1 atom stereocenters. The molecular formula is C29H33N5O3. The normalized spacial score (nSPS) is 13.5. The molecule has 37 heavy (non-hydrogen) atoms. The maximum absolute atomic E-state index is 12.1. The van der Waals surface area contributed by atoms with Crippen molar-refractivity contribution in [3.8, 4) is 22.9 Å². The molecule has 1 heterocycles. The van der Waals surface area contributed by atoms with Gasteiger partial charge in [-0.15, -0.1) is 0 Å². The van der Waals surface area contributed by atoms with Crippen molar-refractivity contribution in [2.75, 3.05) is 5.32 Å². The maximum Gasteiger partial charge on any atom is 0.254 e. The molecule has 1 aliphatic carbocycles. The molecule has 1 unspecified atom stereocenters. The Morgan fingerprint density at radius 2 is 1.76 bits per heavy atom. The third-order valence-corrected chi connectivity index (χ3v) is 6.46. The Balaban J connectivity index is 1.35. The number of nitrogens with two attached hydrogens (primary N) is 1. The smallest absolute Gasteiger partial charge is 0.254 e. The molecular weight excluding hydrogens is 466 g/mol. The van der Waals surface area contributed by atoms with E-state index in [9.17, 15) is 9.59 Å². The van der Waals surface area contributed by atoms with Crippen LogP contribution < -0.4 is 15.8 Å². The van der Waals surface area contributed by atoms with Crippen LogP contribution in [0.25, 0.3) is 11.1 Å². The Hall–Kier alpha value is -4.12. The molecule has 0 aliphatic heterocycles. The Bertz CT molecular complexity index is 1230. The molecule has 4 rings (SSSR count). The molecule has 3 N–H and O–H groups in total. The third-order valence-electron chi connectivity index (χ3n) is 6.46. The number of carbonyl (C=O) groups is 2. The zero-order chi connectivity index (χ0) is 26.0. The molecule has 1 fully saturated rings. The zero-order valence-corrected chi connectivity index (χ0v) is 20.9. The Morgan fingerprint density at radius 1 is 1.05 bits per heavy atom. The molecule has 3 aromatic rings. The predicted molar refractivity (Wildman–Crippen MR) is 142 cm³/mol. The molecule has 8 heteroatoms. The van der Waals surface area contributed by atoms with Crippen molar-refractivity contribution in [3.63, 3.8) is 0 Å². The van der Waals surface area contributed by atoms with Gasteiger partial charge in [-0.05, 0) is 68.2 Å². The Kier molecular flexibility index (Phi) is 8.93. The van der Waals surface area contributed by atoms with Gasteiger partial charge in [0.2, 0.25) is 5.91 Å². The lowest BCUT2D eigenvalue weighted by Gasteiger charge is -2.19. The van der Waals surface area contributed by atoms with Gasteiger partial charge in [0, 0.05) is 25.1 Å². The molecule has 0 radical (unpaired) electrons. The highest BCUT2D eigenvalue weighted by Crippen LogP contribution is 2.30. The highest BCUT2D eigenvalue weighted by Gasteiger charge is 2.31. The first-order valence-electron chi connectivity index (χ1n) is 12.9. The average molecular weight is 500 g/mol. The largest absolute Gasteiger partial charge is 0.490 e. The molecule has 0 spiro atoms. The van der Waals surface area contributed by atoms with Gasteiger partial charge in [0.1, 0.15) is 11.3 Å². The number of aryl methyl sites for hydroxylation is 1. The van der Waals surface area contributed by atoms with Gasteiger partial charge in [0.05, 0.1) is 12.2 Å². The number of ether oxygens (including phenoxy) is 1. The number of aromatic nitrogens is 2. The van der Waals surface area contributed by atoms with Crippen LogP contribution in [0.15, 0.2) is 60.8 Å². The van der Waals surface area contributed by atoms with Crippen LogP contribution in [0.4, 0.5) is 5.82 Å². The van der Waals surface area contributed by atoms with Gasteiger partial charge < -0.3 is 15.8 Å². The highest BCUT2D eigenvalue weighted by molar-refractivity contribution is 6.02. The average Bonchev–Trinajstić information content (AvgIpc) is 3.69. The minimum Gasteiger partial charge on any atom is -0.490 e. The van der Waals surface area contributed by atoms with Crippen LogP contribution in [0.3, 0.4) is 0 Å². The summed E-state index contributed by atoms with van der Waals surface area (Å²) >= 11 is 0. The van der Waals surface area contributed by atoms with E-state index in [0.717, 1.165) is 61.8 Å². The van der Waals surface area contributed by atoms with E-state index in [4.69, 9.17) is 15.7 Å². The molecule has 2 aromatic carbocycles. The van der Waals surface area contributed by atoms with E-state index in [1.807, 2.05) is 30.3 Å². The number of nitriles is 1. The summed E-state index contributed by atoms with van der Waals surface area (Å²) in [6.07, 6.45) is 7.99. The van der Waals surface area contributed by atoms with Gasteiger partial charge in [-0.2, -0.15) is 10.4 Å². The number of nitrogens with zero attached hydrogens (tertiary/aromatic N) is 3. The number of anilines is 1. The summed E-state index contributed by atoms with van der Waals surface area (Å²) in [4.78, 5) is 24.0. The Morgan fingerprint density at radius 3 is 2.43 bits per heavy atom. The minimum atomic E-state index is -0.616. The second kappa shape index (κ2) is 12.7. The van der Waals surface area contributed by atoms with Crippen molar-refractivity contribution < 1.29 is 14.3 Å². The molecule has 1 saturated carbocycles. The van der Waals surface area contributed by atoms with Crippen LogP contribution in [-0.2, 0) is 11.3 Å². The number of rotatable bonds is 14. The van der Waals surface area contributed by atoms with E-state index in [1.54, 1.807) is 10.9 Å². The number of hydrogen-bond donors (Lipinski definition) is 2. The minimum absolute atomic E-state index is 0.00609. The lowest BCUT2D eigenvalue weighted by molar-refractivity contribution is -0.117. The van der Waals surface area contributed by atoms with Crippen molar-refractivity contribution >= 4 is 17.6 Å². The van der Waals surface area contributed by atoms with Gasteiger partial charge in [-0.25, -0.2) is 0 Å². The van der Waals surface area contributed by atoms with Crippen molar-refractivity contribution in [1.82, 2.24) is 9.78 Å². The maximum atomic E-state index is 12.1. The van der Waals surface area contributed by atoms with E-state index < -0.39 is 5.91 Å².